The number of carbonyl (C=O) groups is 2. The van der Waals surface area contributed by atoms with Crippen molar-refractivity contribution in [3.05, 3.63) is 99.6 Å². The van der Waals surface area contributed by atoms with E-state index in [1.165, 1.54) is 18.2 Å². The van der Waals surface area contributed by atoms with Crippen molar-refractivity contribution in [2.24, 2.45) is 11.7 Å². The molecule has 0 spiro atoms. The maximum Gasteiger partial charge on any atom is 0.305 e. The highest BCUT2D eigenvalue weighted by atomic mass is 32.1. The van der Waals surface area contributed by atoms with Crippen LogP contribution in [-0.2, 0) is 20.7 Å². The van der Waals surface area contributed by atoms with E-state index in [-0.39, 0.29) is 11.9 Å². The minimum atomic E-state index is -0.523. The predicted octanol–water partition coefficient (Wildman–Crippen LogP) is 5.03. The van der Waals surface area contributed by atoms with Crippen molar-refractivity contribution >= 4 is 34.4 Å². The van der Waals surface area contributed by atoms with E-state index in [1.54, 1.807) is 17.5 Å². The van der Waals surface area contributed by atoms with E-state index in [2.05, 4.69) is 35.3 Å². The van der Waals surface area contributed by atoms with Crippen LogP contribution in [0, 0.1) is 5.92 Å². The smallest absolute Gasteiger partial charge is 0.305 e. The largest absolute Gasteiger partial charge is 0.469 e. The minimum Gasteiger partial charge on any atom is -0.469 e. The summed E-state index contributed by atoms with van der Waals surface area (Å²) in [5.41, 5.74) is 11.1. The van der Waals surface area contributed by atoms with Crippen LogP contribution in [0.2, 0.25) is 0 Å². The summed E-state index contributed by atoms with van der Waals surface area (Å²) in [4.78, 5) is 29.3. The Morgan fingerprint density at radius 1 is 1.18 bits per heavy atom. The molecule has 2 aromatic rings. The second-order valence-corrected chi connectivity index (χ2v) is 9.02. The molecule has 2 aliphatic rings. The molecule has 168 valence electrons. The molecule has 0 aliphatic heterocycles. The Hall–Kier alpha value is -3.51. The number of ether oxygens (including phenoxy) is 1. The lowest BCUT2D eigenvalue weighted by atomic mass is 9.81. The van der Waals surface area contributed by atoms with Crippen LogP contribution >= 0.6 is 11.3 Å². The Kier molecular flexibility index (Phi) is 7.15. The molecule has 1 heterocycles. The number of hydrogen-bond donors (Lipinski definition) is 1. The number of methoxy groups -OCH3 is 1. The molecule has 1 aromatic heterocycles. The molecule has 0 fully saturated rings. The predicted molar refractivity (Wildman–Crippen MR) is 132 cm³/mol. The van der Waals surface area contributed by atoms with Gasteiger partial charge >= 0.3 is 5.97 Å². The molecule has 6 heteroatoms. The van der Waals surface area contributed by atoms with E-state index in [4.69, 9.17) is 10.5 Å². The number of aryl methyl sites for hydroxylation is 1. The molecule has 0 radical (unpaired) electrons. The molecule has 1 aromatic carbocycles. The third-order valence-electron chi connectivity index (χ3n) is 5.78. The molecule has 1 amide bonds. The van der Waals surface area contributed by atoms with Gasteiger partial charge in [0, 0.05) is 12.6 Å². The number of rotatable bonds is 7. The number of thiazole rings is 1. The summed E-state index contributed by atoms with van der Waals surface area (Å²) in [5.74, 6) is -1.12. The highest BCUT2D eigenvalue weighted by Crippen LogP contribution is 2.39. The van der Waals surface area contributed by atoms with E-state index >= 15 is 0 Å². The van der Waals surface area contributed by atoms with Gasteiger partial charge in [-0.2, -0.15) is 0 Å². The third-order valence-corrected chi connectivity index (χ3v) is 6.89. The van der Waals surface area contributed by atoms with Gasteiger partial charge in [0.1, 0.15) is 0 Å². The number of carbonyl (C=O) groups excluding carboxylic acids is 2. The zero-order chi connectivity index (χ0) is 23.2. The standard InChI is InChI=1S/C27H26N2O3S/c1-32-25(30)12-6-11-24-29-17-23(33-24)22-10-5-9-21(26(22)27(28)31)20-15-13-19(14-16-20)18-7-3-2-4-8-18/h2-5,7-10,13-15,17,26H,6,11-12,16H2,1H3,(H2,28,31). The number of esters is 1. The Morgan fingerprint density at radius 3 is 2.70 bits per heavy atom. The van der Waals surface area contributed by atoms with Crippen LogP contribution in [0.1, 0.15) is 34.7 Å². The van der Waals surface area contributed by atoms with Gasteiger partial charge in [0.2, 0.25) is 5.91 Å². The van der Waals surface area contributed by atoms with Crippen molar-refractivity contribution in [2.45, 2.75) is 25.7 Å². The average Bonchev–Trinajstić information content (AvgIpc) is 3.33. The van der Waals surface area contributed by atoms with E-state index in [0.29, 0.717) is 19.3 Å². The van der Waals surface area contributed by atoms with Crippen molar-refractivity contribution in [1.82, 2.24) is 4.98 Å². The fourth-order valence-electron chi connectivity index (χ4n) is 4.09. The van der Waals surface area contributed by atoms with E-state index in [1.807, 2.05) is 36.4 Å². The number of allylic oxidation sites excluding steroid dienone is 8. The Labute approximate surface area is 197 Å². The molecule has 2 N–H and O–H groups in total. The second-order valence-electron chi connectivity index (χ2n) is 7.91. The van der Waals surface area contributed by atoms with E-state index in [9.17, 15) is 9.59 Å². The lowest BCUT2D eigenvalue weighted by Crippen LogP contribution is -2.27. The number of primary amides is 1. The molecular weight excluding hydrogens is 432 g/mol. The summed E-state index contributed by atoms with van der Waals surface area (Å²) in [7, 11) is 1.39. The summed E-state index contributed by atoms with van der Waals surface area (Å²) in [5, 5.41) is 0.926. The number of amides is 1. The molecule has 0 saturated carbocycles. The highest BCUT2D eigenvalue weighted by molar-refractivity contribution is 7.12. The summed E-state index contributed by atoms with van der Waals surface area (Å²) in [6.07, 6.45) is 16.5. The average molecular weight is 459 g/mol. The molecule has 33 heavy (non-hydrogen) atoms. The summed E-state index contributed by atoms with van der Waals surface area (Å²) in [6, 6.07) is 10.2. The Bertz CT molecular complexity index is 1200. The summed E-state index contributed by atoms with van der Waals surface area (Å²) in [6.45, 7) is 0. The number of benzene rings is 1. The Morgan fingerprint density at radius 2 is 2.00 bits per heavy atom. The topological polar surface area (TPSA) is 82.3 Å². The van der Waals surface area contributed by atoms with Crippen LogP contribution in [0.15, 0.2) is 84.1 Å². The number of nitrogens with two attached hydrogens (primary N) is 1. The summed E-state index contributed by atoms with van der Waals surface area (Å²) < 4.78 is 4.69. The molecule has 0 bridgehead atoms. The van der Waals surface area contributed by atoms with Gasteiger partial charge in [0.05, 0.1) is 22.9 Å². The van der Waals surface area contributed by atoms with Gasteiger partial charge in [-0.3, -0.25) is 9.59 Å². The third kappa shape index (κ3) is 5.29. The normalized spacial score (nSPS) is 19.7. The van der Waals surface area contributed by atoms with Crippen LogP contribution in [0.25, 0.3) is 11.1 Å². The van der Waals surface area contributed by atoms with E-state index < -0.39 is 5.92 Å². The fraction of sp³-hybridized carbons (Fsp3) is 0.222. The van der Waals surface area contributed by atoms with Crippen molar-refractivity contribution < 1.29 is 14.3 Å². The number of aromatic nitrogens is 1. The first kappa shape index (κ1) is 22.7. The van der Waals surface area contributed by atoms with Gasteiger partial charge in [0.25, 0.3) is 0 Å². The van der Waals surface area contributed by atoms with Crippen molar-refractivity contribution in [2.75, 3.05) is 7.11 Å². The van der Waals surface area contributed by atoms with Crippen LogP contribution in [0.3, 0.4) is 0 Å². The minimum absolute atomic E-state index is 0.220. The van der Waals surface area contributed by atoms with Crippen molar-refractivity contribution in [1.29, 1.82) is 0 Å². The maximum atomic E-state index is 12.6. The highest BCUT2D eigenvalue weighted by Gasteiger charge is 2.29. The van der Waals surface area contributed by atoms with E-state index in [0.717, 1.165) is 33.0 Å². The molecule has 2 aliphatic carbocycles. The zero-order valence-corrected chi connectivity index (χ0v) is 19.3. The van der Waals surface area contributed by atoms with Crippen LogP contribution in [0.4, 0.5) is 0 Å². The first-order valence-electron chi connectivity index (χ1n) is 10.9. The molecule has 0 saturated heterocycles. The maximum absolute atomic E-state index is 12.6. The fourth-order valence-corrected chi connectivity index (χ4v) is 5.10. The number of hydrogen-bond acceptors (Lipinski definition) is 5. The molecule has 1 atom stereocenters. The SMILES string of the molecule is COC(=O)CCCc1ncc(C2=CC=CC(=C3C=CC(c4ccccc4)=CC3)C2C(N)=O)s1. The lowest BCUT2D eigenvalue weighted by Gasteiger charge is -2.24. The quantitative estimate of drug-likeness (QED) is 0.590. The van der Waals surface area contributed by atoms with Crippen LogP contribution in [-0.4, -0.2) is 24.0 Å². The first-order chi connectivity index (χ1) is 16.1. The Balaban J connectivity index is 1.54. The van der Waals surface area contributed by atoms with Gasteiger partial charge in [-0.05, 0) is 47.1 Å². The van der Waals surface area contributed by atoms with Gasteiger partial charge in [0.15, 0.2) is 0 Å². The second kappa shape index (κ2) is 10.4. The van der Waals surface area contributed by atoms with Gasteiger partial charge in [-0.1, -0.05) is 66.8 Å². The monoisotopic (exact) mass is 458 g/mol. The zero-order valence-electron chi connectivity index (χ0n) is 18.5. The van der Waals surface area contributed by atoms with Gasteiger partial charge in [-0.15, -0.1) is 11.3 Å². The first-order valence-corrected chi connectivity index (χ1v) is 11.7. The van der Waals surface area contributed by atoms with Gasteiger partial charge < -0.3 is 10.5 Å². The molecule has 5 nitrogen and oxygen atoms in total. The van der Waals surface area contributed by atoms with Crippen molar-refractivity contribution in [3.63, 3.8) is 0 Å². The van der Waals surface area contributed by atoms with Gasteiger partial charge in [-0.25, -0.2) is 4.98 Å². The molecule has 1 unspecified atom stereocenters. The molecular formula is C27H26N2O3S. The lowest BCUT2D eigenvalue weighted by molar-refractivity contribution is -0.140. The number of nitrogens with zero attached hydrogens (tertiary/aromatic N) is 1. The van der Waals surface area contributed by atoms with Crippen molar-refractivity contribution in [3.8, 4) is 0 Å². The van der Waals surface area contributed by atoms with Crippen LogP contribution < -0.4 is 5.73 Å². The molecule has 4 rings (SSSR count). The summed E-state index contributed by atoms with van der Waals surface area (Å²) >= 11 is 1.54. The van der Waals surface area contributed by atoms with Crippen LogP contribution in [0.5, 0.6) is 0 Å².